The molecular formula is C13H13ClN2O3. The lowest BCUT2D eigenvalue weighted by Gasteiger charge is -2.08. The van der Waals surface area contributed by atoms with Crippen molar-refractivity contribution < 1.29 is 14.3 Å². The predicted octanol–water partition coefficient (Wildman–Crippen LogP) is 2.86. The zero-order valence-corrected chi connectivity index (χ0v) is 11.4. The van der Waals surface area contributed by atoms with Crippen molar-refractivity contribution in [3.05, 3.63) is 29.0 Å². The van der Waals surface area contributed by atoms with Crippen LogP contribution < -0.4 is 4.74 Å². The minimum absolute atomic E-state index is 0.228. The maximum Gasteiger partial charge on any atom is 0.341 e. The Bertz CT molecular complexity index is 616. The molecule has 100 valence electrons. The van der Waals surface area contributed by atoms with Gasteiger partial charge in [-0.05, 0) is 19.9 Å². The van der Waals surface area contributed by atoms with Gasteiger partial charge in [0.1, 0.15) is 5.75 Å². The first-order valence-electron chi connectivity index (χ1n) is 5.91. The van der Waals surface area contributed by atoms with Gasteiger partial charge < -0.3 is 9.47 Å². The zero-order valence-electron chi connectivity index (χ0n) is 10.6. The Labute approximate surface area is 115 Å². The van der Waals surface area contributed by atoms with Crippen molar-refractivity contribution in [2.24, 2.45) is 0 Å². The Kier molecular flexibility index (Phi) is 4.16. The molecule has 0 aliphatic heterocycles. The molecule has 2 rings (SSSR count). The van der Waals surface area contributed by atoms with Crippen LogP contribution in [0.1, 0.15) is 24.2 Å². The second kappa shape index (κ2) is 5.84. The van der Waals surface area contributed by atoms with Gasteiger partial charge in [0.2, 0.25) is 0 Å². The quantitative estimate of drug-likeness (QED) is 0.806. The Morgan fingerprint density at radius 2 is 2.00 bits per heavy atom. The number of aromatic nitrogens is 2. The van der Waals surface area contributed by atoms with Crippen molar-refractivity contribution >= 4 is 28.6 Å². The van der Waals surface area contributed by atoms with E-state index in [2.05, 4.69) is 9.97 Å². The number of carbonyl (C=O) groups is 1. The highest BCUT2D eigenvalue weighted by molar-refractivity contribution is 6.38. The molecular weight excluding hydrogens is 268 g/mol. The lowest BCUT2D eigenvalue weighted by molar-refractivity contribution is 0.0526. The fraction of sp³-hybridized carbons (Fsp3) is 0.308. The molecule has 19 heavy (non-hydrogen) atoms. The molecule has 0 fully saturated rings. The van der Waals surface area contributed by atoms with Crippen LogP contribution in [-0.4, -0.2) is 29.2 Å². The summed E-state index contributed by atoms with van der Waals surface area (Å²) < 4.78 is 10.3. The molecule has 0 spiro atoms. The fourth-order valence-corrected chi connectivity index (χ4v) is 1.89. The van der Waals surface area contributed by atoms with Gasteiger partial charge in [-0.1, -0.05) is 11.6 Å². The molecule has 0 bridgehead atoms. The third kappa shape index (κ3) is 2.76. The number of ether oxygens (including phenoxy) is 2. The number of carbonyl (C=O) groups excluding carboxylic acids is 1. The highest BCUT2D eigenvalue weighted by Gasteiger charge is 2.16. The van der Waals surface area contributed by atoms with E-state index in [1.807, 2.05) is 6.92 Å². The molecule has 0 saturated heterocycles. The molecule has 0 aliphatic carbocycles. The summed E-state index contributed by atoms with van der Waals surface area (Å²) in [5.41, 5.74) is 0.688. The Balaban J connectivity index is 2.52. The number of pyridine rings is 2. The Morgan fingerprint density at radius 3 is 2.68 bits per heavy atom. The summed E-state index contributed by atoms with van der Waals surface area (Å²) in [4.78, 5) is 20.0. The summed E-state index contributed by atoms with van der Waals surface area (Å²) in [5, 5.41) is 0.843. The summed E-state index contributed by atoms with van der Waals surface area (Å²) in [6.45, 7) is 4.41. The van der Waals surface area contributed by atoms with Gasteiger partial charge in [0.25, 0.3) is 0 Å². The summed E-state index contributed by atoms with van der Waals surface area (Å²) in [6.07, 6.45) is 2.94. The molecule has 0 amide bonds. The smallest absolute Gasteiger partial charge is 0.341 e. The van der Waals surface area contributed by atoms with E-state index in [0.29, 0.717) is 23.4 Å². The maximum atomic E-state index is 11.7. The van der Waals surface area contributed by atoms with Crippen molar-refractivity contribution in [3.8, 4) is 5.75 Å². The van der Waals surface area contributed by atoms with E-state index in [1.54, 1.807) is 19.2 Å². The normalized spacial score (nSPS) is 10.5. The number of hydrogen-bond donors (Lipinski definition) is 0. The van der Waals surface area contributed by atoms with Crippen LogP contribution in [0.5, 0.6) is 5.75 Å². The summed E-state index contributed by atoms with van der Waals surface area (Å²) >= 11 is 6.21. The highest BCUT2D eigenvalue weighted by atomic mass is 35.5. The maximum absolute atomic E-state index is 11.7. The van der Waals surface area contributed by atoms with Crippen molar-refractivity contribution in [1.29, 1.82) is 0 Å². The first-order chi connectivity index (χ1) is 9.17. The van der Waals surface area contributed by atoms with Gasteiger partial charge in [-0.2, -0.15) is 0 Å². The standard InChI is InChI=1S/C13H13ClN2O3/c1-3-18-8-5-9-11(14)10(13(17)19-4-2)7-16-12(9)15-6-8/h5-7H,3-4H2,1-2H3. The van der Waals surface area contributed by atoms with Gasteiger partial charge in [-0.3, -0.25) is 0 Å². The van der Waals surface area contributed by atoms with Gasteiger partial charge in [0.05, 0.1) is 30.0 Å². The first kappa shape index (κ1) is 13.5. The van der Waals surface area contributed by atoms with E-state index in [4.69, 9.17) is 21.1 Å². The van der Waals surface area contributed by atoms with Crippen LogP contribution in [0.3, 0.4) is 0 Å². The molecule has 0 unspecified atom stereocenters. The molecule has 0 radical (unpaired) electrons. The van der Waals surface area contributed by atoms with E-state index in [0.717, 1.165) is 0 Å². The average Bonchev–Trinajstić information content (AvgIpc) is 2.40. The van der Waals surface area contributed by atoms with Crippen LogP contribution in [0.4, 0.5) is 0 Å². The summed E-state index contributed by atoms with van der Waals surface area (Å²) in [5.74, 6) is 0.0865. The monoisotopic (exact) mass is 280 g/mol. The number of rotatable bonds is 4. The molecule has 6 heteroatoms. The number of nitrogens with zero attached hydrogens (tertiary/aromatic N) is 2. The third-order valence-electron chi connectivity index (χ3n) is 2.44. The van der Waals surface area contributed by atoms with Crippen LogP contribution in [0.15, 0.2) is 18.5 Å². The van der Waals surface area contributed by atoms with Crippen LogP contribution in [0, 0.1) is 0 Å². The van der Waals surface area contributed by atoms with Crippen LogP contribution in [0.2, 0.25) is 5.02 Å². The molecule has 0 N–H and O–H groups in total. The van der Waals surface area contributed by atoms with E-state index >= 15 is 0 Å². The molecule has 2 aromatic heterocycles. The van der Waals surface area contributed by atoms with E-state index in [9.17, 15) is 4.79 Å². The second-order valence-electron chi connectivity index (χ2n) is 3.68. The van der Waals surface area contributed by atoms with Gasteiger partial charge >= 0.3 is 5.97 Å². The predicted molar refractivity (Wildman–Crippen MR) is 71.7 cm³/mol. The Hall–Kier alpha value is -1.88. The fourth-order valence-electron chi connectivity index (χ4n) is 1.63. The van der Waals surface area contributed by atoms with Gasteiger partial charge in [-0.25, -0.2) is 14.8 Å². The molecule has 2 aromatic rings. The zero-order chi connectivity index (χ0) is 13.8. The number of halogens is 1. The van der Waals surface area contributed by atoms with Crippen molar-refractivity contribution in [1.82, 2.24) is 9.97 Å². The highest BCUT2D eigenvalue weighted by Crippen LogP contribution is 2.27. The number of hydrogen-bond acceptors (Lipinski definition) is 5. The van der Waals surface area contributed by atoms with Crippen LogP contribution >= 0.6 is 11.6 Å². The topological polar surface area (TPSA) is 61.3 Å². The van der Waals surface area contributed by atoms with Crippen molar-refractivity contribution in [2.75, 3.05) is 13.2 Å². The summed E-state index contributed by atoms with van der Waals surface area (Å²) in [6, 6.07) is 1.71. The van der Waals surface area contributed by atoms with E-state index in [1.165, 1.54) is 6.20 Å². The number of esters is 1. The lowest BCUT2D eigenvalue weighted by Crippen LogP contribution is -2.06. The van der Waals surface area contributed by atoms with Gasteiger partial charge in [-0.15, -0.1) is 0 Å². The third-order valence-corrected chi connectivity index (χ3v) is 2.84. The van der Waals surface area contributed by atoms with Crippen LogP contribution in [-0.2, 0) is 4.74 Å². The minimum atomic E-state index is -0.497. The average molecular weight is 281 g/mol. The first-order valence-corrected chi connectivity index (χ1v) is 6.29. The molecule has 0 saturated carbocycles. The molecule has 0 aliphatic rings. The van der Waals surface area contributed by atoms with Gasteiger partial charge in [0, 0.05) is 11.6 Å². The van der Waals surface area contributed by atoms with Crippen molar-refractivity contribution in [3.63, 3.8) is 0 Å². The number of fused-ring (bicyclic) bond motifs is 1. The lowest BCUT2D eigenvalue weighted by atomic mass is 10.2. The molecule has 0 aromatic carbocycles. The summed E-state index contributed by atoms with van der Waals surface area (Å²) in [7, 11) is 0. The largest absolute Gasteiger partial charge is 0.492 e. The van der Waals surface area contributed by atoms with Crippen LogP contribution in [0.25, 0.3) is 11.0 Å². The minimum Gasteiger partial charge on any atom is -0.492 e. The van der Waals surface area contributed by atoms with Crippen molar-refractivity contribution in [2.45, 2.75) is 13.8 Å². The van der Waals surface area contributed by atoms with Gasteiger partial charge in [0.15, 0.2) is 5.65 Å². The van der Waals surface area contributed by atoms with E-state index in [-0.39, 0.29) is 17.2 Å². The van der Waals surface area contributed by atoms with E-state index < -0.39 is 5.97 Å². The molecule has 0 atom stereocenters. The second-order valence-corrected chi connectivity index (χ2v) is 4.06. The molecule has 5 nitrogen and oxygen atoms in total. The SMILES string of the molecule is CCOC(=O)c1cnc2ncc(OCC)cc2c1Cl. The molecule has 2 heterocycles. The Morgan fingerprint density at radius 1 is 1.26 bits per heavy atom.